The summed E-state index contributed by atoms with van der Waals surface area (Å²) in [6.07, 6.45) is 10.8. The van der Waals surface area contributed by atoms with Crippen molar-refractivity contribution in [2.45, 2.75) is 76.3 Å². The van der Waals surface area contributed by atoms with Gasteiger partial charge in [0.05, 0.1) is 10.4 Å². The number of aromatic nitrogens is 3. The van der Waals surface area contributed by atoms with E-state index in [1.54, 1.807) is 0 Å². The maximum atomic E-state index is 13.8. The SMILES string of the molecule is Cc1ccccc1-c1nc2n(n1)C1(CCCCC1)C1CCCCC1N2C(=O)c1cccs1. The Labute approximate surface area is 193 Å². The highest BCUT2D eigenvalue weighted by Crippen LogP contribution is 2.53. The molecule has 1 spiro atoms. The van der Waals surface area contributed by atoms with Crippen LogP contribution in [0.3, 0.4) is 0 Å². The number of benzene rings is 1. The van der Waals surface area contributed by atoms with Gasteiger partial charge in [-0.2, -0.15) is 4.98 Å². The molecular formula is C26H30N4OS. The second-order valence-electron chi connectivity index (χ2n) is 9.74. The van der Waals surface area contributed by atoms with Crippen LogP contribution in [0.5, 0.6) is 0 Å². The average Bonchev–Trinajstić information content (AvgIpc) is 3.51. The van der Waals surface area contributed by atoms with Crippen LogP contribution in [0.25, 0.3) is 11.4 Å². The standard InChI is InChI=1S/C26H30N4OS/c1-18-10-3-4-11-19(18)23-27-25-29(24(31)22-14-9-17-32-22)21-13-6-5-12-20(21)26(30(25)28-23)15-7-2-8-16-26/h3-4,9-11,14,17,20-21H,2,5-8,12-13,15-16H2,1H3. The topological polar surface area (TPSA) is 51.0 Å². The van der Waals surface area contributed by atoms with Gasteiger partial charge in [-0.15, -0.1) is 16.4 Å². The van der Waals surface area contributed by atoms with Crippen LogP contribution >= 0.6 is 11.3 Å². The third-order valence-corrected chi connectivity index (χ3v) is 8.89. The number of fused-ring (bicyclic) bond motifs is 4. The third-order valence-electron chi connectivity index (χ3n) is 8.03. The minimum absolute atomic E-state index is 0.00116. The highest BCUT2D eigenvalue weighted by molar-refractivity contribution is 7.12. The molecule has 6 heteroatoms. The molecule has 2 aromatic heterocycles. The predicted octanol–water partition coefficient (Wildman–Crippen LogP) is 6.19. The predicted molar refractivity (Wildman–Crippen MR) is 128 cm³/mol. The number of anilines is 1. The van der Waals surface area contributed by atoms with Crippen LogP contribution in [0.15, 0.2) is 41.8 Å². The summed E-state index contributed by atoms with van der Waals surface area (Å²) in [4.78, 5) is 21.7. The molecule has 0 saturated heterocycles. The second-order valence-corrected chi connectivity index (χ2v) is 10.7. The Morgan fingerprint density at radius 1 is 1.03 bits per heavy atom. The Kier molecular flexibility index (Phi) is 4.94. The summed E-state index contributed by atoms with van der Waals surface area (Å²) < 4.78 is 2.21. The van der Waals surface area contributed by atoms with Crippen molar-refractivity contribution < 1.29 is 4.79 Å². The van der Waals surface area contributed by atoms with Gasteiger partial charge in [0.1, 0.15) is 0 Å². The van der Waals surface area contributed by atoms with E-state index in [1.165, 1.54) is 55.4 Å². The number of thiophene rings is 1. The molecule has 3 aromatic rings. The van der Waals surface area contributed by atoms with Crippen LogP contribution in [0.1, 0.15) is 73.0 Å². The van der Waals surface area contributed by atoms with Gasteiger partial charge in [0, 0.05) is 17.5 Å². The van der Waals surface area contributed by atoms with Gasteiger partial charge in [-0.25, -0.2) is 4.68 Å². The first kappa shape index (κ1) is 20.2. The molecule has 2 fully saturated rings. The fourth-order valence-corrected chi connectivity index (χ4v) is 7.22. The van der Waals surface area contributed by atoms with Gasteiger partial charge in [0.15, 0.2) is 5.82 Å². The highest BCUT2D eigenvalue weighted by Gasteiger charge is 2.55. The number of hydrogen-bond donors (Lipinski definition) is 0. The van der Waals surface area contributed by atoms with Crippen LogP contribution in [-0.4, -0.2) is 26.7 Å². The van der Waals surface area contributed by atoms with Gasteiger partial charge in [-0.1, -0.05) is 62.4 Å². The van der Waals surface area contributed by atoms with Gasteiger partial charge in [0.25, 0.3) is 5.91 Å². The fourth-order valence-electron chi connectivity index (χ4n) is 6.56. The molecular weight excluding hydrogens is 416 g/mol. The number of carbonyl (C=O) groups excluding carboxylic acids is 1. The van der Waals surface area contributed by atoms with Crippen molar-refractivity contribution in [3.63, 3.8) is 0 Å². The van der Waals surface area contributed by atoms with Crippen molar-refractivity contribution in [1.29, 1.82) is 0 Å². The zero-order valence-electron chi connectivity index (χ0n) is 18.7. The number of carbonyl (C=O) groups is 1. The molecule has 1 aromatic carbocycles. The molecule has 3 heterocycles. The van der Waals surface area contributed by atoms with Crippen molar-refractivity contribution in [2.24, 2.45) is 5.92 Å². The molecule has 0 radical (unpaired) electrons. The molecule has 2 atom stereocenters. The summed E-state index contributed by atoms with van der Waals surface area (Å²) in [6, 6.07) is 12.4. The molecule has 6 rings (SSSR count). The lowest BCUT2D eigenvalue weighted by Crippen LogP contribution is -2.61. The van der Waals surface area contributed by atoms with Crippen LogP contribution in [-0.2, 0) is 5.54 Å². The van der Waals surface area contributed by atoms with Crippen LogP contribution < -0.4 is 4.90 Å². The summed E-state index contributed by atoms with van der Waals surface area (Å²) in [7, 11) is 0. The number of aryl methyl sites for hydroxylation is 1. The number of rotatable bonds is 2. The molecule has 166 valence electrons. The van der Waals surface area contributed by atoms with Gasteiger partial charge < -0.3 is 0 Å². The van der Waals surface area contributed by atoms with E-state index in [9.17, 15) is 4.79 Å². The minimum atomic E-state index is -0.00116. The van der Waals surface area contributed by atoms with Crippen molar-refractivity contribution in [1.82, 2.24) is 14.8 Å². The Hall–Kier alpha value is -2.47. The van der Waals surface area contributed by atoms with Crippen molar-refractivity contribution in [2.75, 3.05) is 4.90 Å². The molecule has 2 aliphatic carbocycles. The second kappa shape index (κ2) is 7.84. The molecule has 32 heavy (non-hydrogen) atoms. The summed E-state index contributed by atoms with van der Waals surface area (Å²) >= 11 is 1.52. The van der Waals surface area contributed by atoms with E-state index in [0.29, 0.717) is 5.92 Å². The summed E-state index contributed by atoms with van der Waals surface area (Å²) in [5.74, 6) is 2.07. The third kappa shape index (κ3) is 2.99. The summed E-state index contributed by atoms with van der Waals surface area (Å²) in [6.45, 7) is 2.11. The molecule has 5 nitrogen and oxygen atoms in total. The maximum Gasteiger partial charge on any atom is 0.270 e. The Balaban J connectivity index is 1.56. The number of hydrogen-bond acceptors (Lipinski definition) is 4. The molecule has 2 saturated carbocycles. The largest absolute Gasteiger partial charge is 0.273 e. The smallest absolute Gasteiger partial charge is 0.270 e. The minimum Gasteiger partial charge on any atom is -0.273 e. The zero-order valence-corrected chi connectivity index (χ0v) is 19.5. The first-order valence-electron chi connectivity index (χ1n) is 12.1. The van der Waals surface area contributed by atoms with Gasteiger partial charge in [-0.05, 0) is 49.6 Å². The van der Waals surface area contributed by atoms with Gasteiger partial charge >= 0.3 is 0 Å². The van der Waals surface area contributed by atoms with Crippen LogP contribution in [0, 0.1) is 12.8 Å². The highest BCUT2D eigenvalue weighted by atomic mass is 32.1. The first-order valence-corrected chi connectivity index (χ1v) is 13.0. The van der Waals surface area contributed by atoms with Crippen LogP contribution in [0.4, 0.5) is 5.95 Å². The van der Waals surface area contributed by atoms with Crippen LogP contribution in [0.2, 0.25) is 0 Å². The Bertz CT molecular complexity index is 1130. The van der Waals surface area contributed by atoms with Gasteiger partial charge in [0.2, 0.25) is 5.95 Å². The van der Waals surface area contributed by atoms with E-state index >= 15 is 0 Å². The summed E-state index contributed by atoms with van der Waals surface area (Å²) in [5, 5.41) is 7.17. The van der Waals surface area contributed by atoms with E-state index in [1.807, 2.05) is 28.5 Å². The lowest BCUT2D eigenvalue weighted by molar-refractivity contribution is 0.0315. The summed E-state index contributed by atoms with van der Waals surface area (Å²) in [5.41, 5.74) is 2.23. The molecule has 2 unspecified atom stereocenters. The zero-order chi connectivity index (χ0) is 21.7. The van der Waals surface area contributed by atoms with Crippen molar-refractivity contribution in [3.8, 4) is 11.4 Å². The first-order chi connectivity index (χ1) is 15.7. The van der Waals surface area contributed by atoms with Crippen molar-refractivity contribution in [3.05, 3.63) is 52.2 Å². The lowest BCUT2D eigenvalue weighted by Gasteiger charge is -2.55. The van der Waals surface area contributed by atoms with E-state index < -0.39 is 0 Å². The maximum absolute atomic E-state index is 13.8. The van der Waals surface area contributed by atoms with Gasteiger partial charge in [-0.3, -0.25) is 9.69 Å². The monoisotopic (exact) mass is 446 g/mol. The lowest BCUT2D eigenvalue weighted by atomic mass is 9.64. The van der Waals surface area contributed by atoms with E-state index in [-0.39, 0.29) is 17.5 Å². The van der Waals surface area contributed by atoms with E-state index in [0.717, 1.165) is 41.5 Å². The normalized spacial score (nSPS) is 24.2. The van der Waals surface area contributed by atoms with Crippen molar-refractivity contribution >= 4 is 23.2 Å². The molecule has 1 amide bonds. The molecule has 3 aliphatic rings. The fraction of sp³-hybridized carbons (Fsp3) is 0.500. The number of amides is 1. The molecule has 1 aliphatic heterocycles. The Morgan fingerprint density at radius 2 is 1.84 bits per heavy atom. The van der Waals surface area contributed by atoms with E-state index in [2.05, 4.69) is 29.8 Å². The number of nitrogens with zero attached hydrogens (tertiary/aromatic N) is 4. The molecule has 0 N–H and O–H groups in total. The molecule has 0 bridgehead atoms. The average molecular weight is 447 g/mol. The quantitative estimate of drug-likeness (QED) is 0.471. The Morgan fingerprint density at radius 3 is 2.62 bits per heavy atom. The van der Waals surface area contributed by atoms with E-state index in [4.69, 9.17) is 10.1 Å².